The Bertz CT molecular complexity index is 1290. The van der Waals surface area contributed by atoms with Gasteiger partial charge in [-0.2, -0.15) is 17.0 Å². The van der Waals surface area contributed by atoms with E-state index in [4.69, 9.17) is 11.6 Å². The second kappa shape index (κ2) is 9.46. The molecule has 1 aromatic heterocycles. The van der Waals surface area contributed by atoms with Gasteiger partial charge in [0.25, 0.3) is 16.1 Å². The maximum Gasteiger partial charge on any atom is 0.282 e. The summed E-state index contributed by atoms with van der Waals surface area (Å²) in [7, 11) is -3.61. The molecule has 3 heterocycles. The van der Waals surface area contributed by atoms with E-state index >= 15 is 0 Å². The molecule has 0 radical (unpaired) electrons. The second-order valence-electron chi connectivity index (χ2n) is 8.47. The number of carbonyl (C=O) groups excluding carboxylic acids is 1. The zero-order chi connectivity index (χ0) is 23.7. The van der Waals surface area contributed by atoms with E-state index in [1.165, 1.54) is 8.61 Å². The molecule has 0 saturated carbocycles. The van der Waals surface area contributed by atoms with Crippen LogP contribution in [0.3, 0.4) is 0 Å². The summed E-state index contributed by atoms with van der Waals surface area (Å²) in [4.78, 5) is 18.7. The summed E-state index contributed by atoms with van der Waals surface area (Å²) < 4.78 is 29.5. The molecule has 9 heteroatoms. The highest BCUT2D eigenvalue weighted by Crippen LogP contribution is 2.28. The van der Waals surface area contributed by atoms with Gasteiger partial charge in [0.05, 0.1) is 0 Å². The molecule has 1 fully saturated rings. The summed E-state index contributed by atoms with van der Waals surface area (Å²) >= 11 is 6.27. The van der Waals surface area contributed by atoms with E-state index in [1.54, 1.807) is 17.3 Å². The quantitative estimate of drug-likeness (QED) is 0.554. The minimum absolute atomic E-state index is 0.0835. The molecule has 0 unspecified atom stereocenters. The minimum Gasteiger partial charge on any atom is -0.336 e. The minimum atomic E-state index is -3.61. The summed E-state index contributed by atoms with van der Waals surface area (Å²) in [5.74, 6) is -0.0835. The SMILES string of the molecule is O=C(c1ccc(-c2ccncc2)cc1)N1CCN(S(=O)(=O)N2CCc3c(Cl)cccc3C2)CC1. The van der Waals surface area contributed by atoms with Crippen LogP contribution in [0.5, 0.6) is 0 Å². The molecule has 0 N–H and O–H groups in total. The maximum absolute atomic E-state index is 13.3. The van der Waals surface area contributed by atoms with Gasteiger partial charge in [-0.05, 0) is 59.0 Å². The highest BCUT2D eigenvalue weighted by atomic mass is 35.5. The van der Waals surface area contributed by atoms with Crippen LogP contribution in [0.25, 0.3) is 11.1 Å². The molecule has 0 atom stereocenters. The van der Waals surface area contributed by atoms with Crippen LogP contribution < -0.4 is 0 Å². The molecule has 2 aromatic carbocycles. The number of halogens is 1. The number of pyridine rings is 1. The van der Waals surface area contributed by atoms with Crippen LogP contribution in [0.2, 0.25) is 5.02 Å². The zero-order valence-corrected chi connectivity index (χ0v) is 20.2. The van der Waals surface area contributed by atoms with Crippen molar-refractivity contribution in [1.82, 2.24) is 18.5 Å². The molecule has 0 aliphatic carbocycles. The van der Waals surface area contributed by atoms with Crippen molar-refractivity contribution in [2.24, 2.45) is 0 Å². The van der Waals surface area contributed by atoms with Gasteiger partial charge in [0.1, 0.15) is 0 Å². The van der Waals surface area contributed by atoms with Crippen molar-refractivity contribution < 1.29 is 13.2 Å². The van der Waals surface area contributed by atoms with Crippen LogP contribution in [0, 0.1) is 0 Å². The van der Waals surface area contributed by atoms with Crippen molar-refractivity contribution >= 4 is 27.7 Å². The largest absolute Gasteiger partial charge is 0.336 e. The van der Waals surface area contributed by atoms with E-state index in [2.05, 4.69) is 4.98 Å². The van der Waals surface area contributed by atoms with E-state index in [0.717, 1.165) is 22.3 Å². The van der Waals surface area contributed by atoms with Crippen molar-refractivity contribution in [2.75, 3.05) is 32.7 Å². The van der Waals surface area contributed by atoms with Crippen LogP contribution in [-0.4, -0.2) is 65.5 Å². The van der Waals surface area contributed by atoms with Gasteiger partial charge in [0.2, 0.25) is 0 Å². The topological polar surface area (TPSA) is 73.8 Å². The lowest BCUT2D eigenvalue weighted by molar-refractivity contribution is 0.0693. The van der Waals surface area contributed by atoms with E-state index in [9.17, 15) is 13.2 Å². The molecule has 1 saturated heterocycles. The second-order valence-corrected chi connectivity index (χ2v) is 10.8. The lowest BCUT2D eigenvalue weighted by atomic mass is 10.0. The molecule has 5 rings (SSSR count). The first-order valence-electron chi connectivity index (χ1n) is 11.2. The lowest BCUT2D eigenvalue weighted by Gasteiger charge is -2.38. The number of aromatic nitrogens is 1. The molecular formula is C25H25ClN4O3S. The predicted molar refractivity (Wildman–Crippen MR) is 132 cm³/mol. The third-order valence-electron chi connectivity index (χ3n) is 6.50. The van der Waals surface area contributed by atoms with Crippen LogP contribution in [-0.2, 0) is 23.2 Å². The molecular weight excluding hydrogens is 472 g/mol. The summed E-state index contributed by atoms with van der Waals surface area (Å²) in [6.45, 7) is 2.01. The van der Waals surface area contributed by atoms with Crippen molar-refractivity contribution in [3.63, 3.8) is 0 Å². The Hall–Kier alpha value is -2.78. The Balaban J connectivity index is 1.22. The fraction of sp³-hybridized carbons (Fsp3) is 0.280. The third-order valence-corrected chi connectivity index (χ3v) is 8.83. The molecule has 2 aliphatic heterocycles. The summed E-state index contributed by atoms with van der Waals surface area (Å²) in [5.41, 5.74) is 4.63. The molecule has 2 aliphatic rings. The molecule has 0 bridgehead atoms. The first-order valence-corrected chi connectivity index (χ1v) is 13.0. The number of piperazine rings is 1. The van der Waals surface area contributed by atoms with Crippen LogP contribution in [0.4, 0.5) is 0 Å². The van der Waals surface area contributed by atoms with E-state index in [0.29, 0.717) is 43.2 Å². The van der Waals surface area contributed by atoms with E-state index in [-0.39, 0.29) is 19.0 Å². The standard InChI is InChI=1S/C25H25ClN4O3S/c26-24-3-1-2-22-18-30(13-10-23(22)24)34(32,33)29-16-14-28(15-17-29)25(31)21-6-4-19(5-7-21)20-8-11-27-12-9-20/h1-9,11-12H,10,13-18H2. The van der Waals surface area contributed by atoms with Crippen molar-refractivity contribution in [3.8, 4) is 11.1 Å². The number of nitrogens with zero attached hydrogens (tertiary/aromatic N) is 4. The van der Waals surface area contributed by atoms with Crippen molar-refractivity contribution in [2.45, 2.75) is 13.0 Å². The number of hydrogen-bond donors (Lipinski definition) is 0. The summed E-state index contributed by atoms with van der Waals surface area (Å²) in [6.07, 6.45) is 4.07. The molecule has 7 nitrogen and oxygen atoms in total. The van der Waals surface area contributed by atoms with Crippen LogP contribution >= 0.6 is 11.6 Å². The van der Waals surface area contributed by atoms with Gasteiger partial charge in [-0.1, -0.05) is 35.9 Å². The lowest BCUT2D eigenvalue weighted by Crippen LogP contribution is -2.54. The van der Waals surface area contributed by atoms with Crippen molar-refractivity contribution in [3.05, 3.63) is 88.7 Å². The average Bonchev–Trinajstić information content (AvgIpc) is 2.89. The number of amides is 1. The van der Waals surface area contributed by atoms with Gasteiger partial charge in [-0.25, -0.2) is 0 Å². The van der Waals surface area contributed by atoms with Crippen LogP contribution in [0.1, 0.15) is 21.5 Å². The van der Waals surface area contributed by atoms with E-state index < -0.39 is 10.2 Å². The molecule has 176 valence electrons. The molecule has 1 amide bonds. The molecule has 3 aromatic rings. The predicted octanol–water partition coefficient (Wildman–Crippen LogP) is 3.46. The fourth-order valence-electron chi connectivity index (χ4n) is 4.55. The summed E-state index contributed by atoms with van der Waals surface area (Å²) in [6, 6.07) is 16.9. The van der Waals surface area contributed by atoms with Crippen LogP contribution in [0.15, 0.2) is 67.0 Å². The zero-order valence-electron chi connectivity index (χ0n) is 18.6. The number of carbonyl (C=O) groups is 1. The van der Waals surface area contributed by atoms with E-state index in [1.807, 2.05) is 54.6 Å². The first-order chi connectivity index (χ1) is 16.4. The smallest absolute Gasteiger partial charge is 0.282 e. The first kappa shape index (κ1) is 23.0. The number of hydrogen-bond acceptors (Lipinski definition) is 4. The Morgan fingerprint density at radius 1 is 0.824 bits per heavy atom. The fourth-order valence-corrected chi connectivity index (χ4v) is 6.42. The van der Waals surface area contributed by atoms with Gasteiger partial charge >= 0.3 is 0 Å². The van der Waals surface area contributed by atoms with Gasteiger partial charge < -0.3 is 4.90 Å². The normalized spacial score (nSPS) is 17.4. The Morgan fingerprint density at radius 2 is 1.50 bits per heavy atom. The van der Waals surface area contributed by atoms with Crippen molar-refractivity contribution in [1.29, 1.82) is 0 Å². The summed E-state index contributed by atoms with van der Waals surface area (Å²) in [5, 5.41) is 0.690. The average molecular weight is 497 g/mol. The molecule has 34 heavy (non-hydrogen) atoms. The Kier molecular flexibility index (Phi) is 6.40. The third kappa shape index (κ3) is 4.46. The molecule has 0 spiro atoms. The highest BCUT2D eigenvalue weighted by Gasteiger charge is 2.35. The number of benzene rings is 2. The monoisotopic (exact) mass is 496 g/mol. The van der Waals surface area contributed by atoms with Gasteiger partial charge in [-0.15, -0.1) is 0 Å². The highest BCUT2D eigenvalue weighted by molar-refractivity contribution is 7.86. The Labute approximate surface area is 204 Å². The number of rotatable bonds is 4. The number of fused-ring (bicyclic) bond motifs is 1. The van der Waals surface area contributed by atoms with Gasteiger partial charge in [0, 0.05) is 62.2 Å². The van der Waals surface area contributed by atoms with Gasteiger partial charge in [-0.3, -0.25) is 9.78 Å². The van der Waals surface area contributed by atoms with Gasteiger partial charge in [0.15, 0.2) is 0 Å². The maximum atomic E-state index is 13.3. The Morgan fingerprint density at radius 3 is 2.21 bits per heavy atom.